The molecular weight excluding hydrogens is 230 g/mol. The second-order valence-corrected chi connectivity index (χ2v) is 3.59. The Morgan fingerprint density at radius 3 is 2.78 bits per heavy atom. The zero-order chi connectivity index (χ0) is 13.0. The van der Waals surface area contributed by atoms with Crippen molar-refractivity contribution in [1.82, 2.24) is 4.98 Å². The Hall–Kier alpha value is -2.87. The molecule has 0 aliphatic carbocycles. The van der Waals surface area contributed by atoms with Gasteiger partial charge < -0.3 is 10.3 Å². The number of pyridine rings is 1. The Bertz CT molecular complexity index is 663. The number of benzene rings is 1. The lowest BCUT2D eigenvalue weighted by atomic mass is 10.2. The van der Waals surface area contributed by atoms with Crippen LogP contribution in [-0.2, 0) is 0 Å². The van der Waals surface area contributed by atoms with Gasteiger partial charge in [0.15, 0.2) is 0 Å². The van der Waals surface area contributed by atoms with Crippen LogP contribution in [0.1, 0.15) is 15.9 Å². The fourth-order valence-electron chi connectivity index (χ4n) is 1.42. The third-order valence-corrected chi connectivity index (χ3v) is 2.30. The van der Waals surface area contributed by atoms with E-state index in [2.05, 4.69) is 10.3 Å². The van der Waals surface area contributed by atoms with Crippen molar-refractivity contribution in [3.8, 4) is 6.07 Å². The number of nitriles is 1. The van der Waals surface area contributed by atoms with Crippen LogP contribution in [-0.4, -0.2) is 10.9 Å². The largest absolute Gasteiger partial charge is 0.328 e. The van der Waals surface area contributed by atoms with Crippen LogP contribution in [0.25, 0.3) is 0 Å². The molecule has 1 amide bonds. The van der Waals surface area contributed by atoms with Gasteiger partial charge >= 0.3 is 0 Å². The Morgan fingerprint density at radius 1 is 1.28 bits per heavy atom. The highest BCUT2D eigenvalue weighted by molar-refractivity contribution is 6.04. The number of aromatic nitrogens is 1. The number of nitrogens with zero attached hydrogens (tertiary/aromatic N) is 1. The molecule has 0 aliphatic heterocycles. The summed E-state index contributed by atoms with van der Waals surface area (Å²) in [7, 11) is 0. The number of anilines is 1. The van der Waals surface area contributed by atoms with Crippen molar-refractivity contribution in [2.24, 2.45) is 0 Å². The molecule has 0 spiro atoms. The van der Waals surface area contributed by atoms with Crippen molar-refractivity contribution in [2.75, 3.05) is 5.32 Å². The van der Waals surface area contributed by atoms with Gasteiger partial charge in [-0.05, 0) is 24.3 Å². The maximum atomic E-state index is 11.8. The number of carbonyl (C=O) groups excluding carboxylic acids is 1. The van der Waals surface area contributed by atoms with Gasteiger partial charge in [0.2, 0.25) is 5.56 Å². The first-order valence-corrected chi connectivity index (χ1v) is 5.19. The average molecular weight is 239 g/mol. The van der Waals surface area contributed by atoms with Crippen molar-refractivity contribution in [2.45, 2.75) is 0 Å². The molecule has 0 unspecified atom stereocenters. The van der Waals surface area contributed by atoms with Gasteiger partial charge in [-0.25, -0.2) is 0 Å². The predicted octanol–water partition coefficient (Wildman–Crippen LogP) is 1.50. The van der Waals surface area contributed by atoms with E-state index in [4.69, 9.17) is 5.26 Å². The fourth-order valence-corrected chi connectivity index (χ4v) is 1.42. The summed E-state index contributed by atoms with van der Waals surface area (Å²) in [6.07, 6.45) is 1.34. The number of nitrogens with one attached hydrogen (secondary N) is 2. The third-order valence-electron chi connectivity index (χ3n) is 2.30. The quantitative estimate of drug-likeness (QED) is 0.832. The van der Waals surface area contributed by atoms with Gasteiger partial charge in [0.05, 0.1) is 17.2 Å². The van der Waals surface area contributed by atoms with E-state index in [9.17, 15) is 9.59 Å². The molecule has 1 aromatic carbocycles. The van der Waals surface area contributed by atoms with E-state index in [0.717, 1.165) is 0 Å². The molecule has 2 rings (SSSR count). The van der Waals surface area contributed by atoms with Crippen LogP contribution in [0, 0.1) is 11.3 Å². The average Bonchev–Trinajstić information content (AvgIpc) is 2.39. The van der Waals surface area contributed by atoms with Crippen molar-refractivity contribution < 1.29 is 4.79 Å². The van der Waals surface area contributed by atoms with Gasteiger partial charge in [0.25, 0.3) is 5.91 Å². The first-order chi connectivity index (χ1) is 8.69. The molecule has 18 heavy (non-hydrogen) atoms. The molecule has 0 saturated carbocycles. The molecule has 5 heteroatoms. The molecule has 88 valence electrons. The topological polar surface area (TPSA) is 85.8 Å². The number of carbonyl (C=O) groups is 1. The molecule has 0 saturated heterocycles. The second kappa shape index (κ2) is 4.97. The molecule has 5 nitrogen and oxygen atoms in total. The summed E-state index contributed by atoms with van der Waals surface area (Å²) >= 11 is 0. The first-order valence-electron chi connectivity index (χ1n) is 5.19. The summed E-state index contributed by atoms with van der Waals surface area (Å²) in [6, 6.07) is 11.3. The maximum Gasteiger partial charge on any atom is 0.257 e. The van der Waals surface area contributed by atoms with E-state index < -0.39 is 0 Å². The maximum absolute atomic E-state index is 11.8. The number of hydrogen-bond acceptors (Lipinski definition) is 3. The van der Waals surface area contributed by atoms with Crippen molar-refractivity contribution in [3.05, 3.63) is 64.1 Å². The molecule has 0 bridgehead atoms. The van der Waals surface area contributed by atoms with Crippen molar-refractivity contribution in [3.63, 3.8) is 0 Å². The molecule has 0 atom stereocenters. The Labute approximate surface area is 103 Å². The van der Waals surface area contributed by atoms with Gasteiger partial charge in [-0.3, -0.25) is 9.59 Å². The molecule has 0 aliphatic rings. The highest BCUT2D eigenvalue weighted by atomic mass is 16.1. The molecule has 1 aromatic heterocycles. The van der Waals surface area contributed by atoms with E-state index in [1.54, 1.807) is 24.3 Å². The van der Waals surface area contributed by atoms with Crippen molar-refractivity contribution in [1.29, 1.82) is 5.26 Å². The molecule has 2 aromatic rings. The highest BCUT2D eigenvalue weighted by Gasteiger charge is 2.06. The number of hydrogen-bond donors (Lipinski definition) is 2. The summed E-state index contributed by atoms with van der Waals surface area (Å²) in [5, 5.41) is 11.4. The summed E-state index contributed by atoms with van der Waals surface area (Å²) in [5.74, 6) is -0.346. The summed E-state index contributed by atoms with van der Waals surface area (Å²) in [4.78, 5) is 25.1. The van der Waals surface area contributed by atoms with E-state index >= 15 is 0 Å². The van der Waals surface area contributed by atoms with E-state index in [1.165, 1.54) is 18.3 Å². The summed E-state index contributed by atoms with van der Waals surface area (Å²) in [5.41, 5.74) is 1.08. The first kappa shape index (κ1) is 11.6. The lowest BCUT2D eigenvalue weighted by Crippen LogP contribution is -2.14. The normalized spacial score (nSPS) is 9.50. The van der Waals surface area contributed by atoms with Gasteiger partial charge in [0.1, 0.15) is 0 Å². The minimum atomic E-state index is -0.346. The monoisotopic (exact) mass is 239 g/mol. The van der Waals surface area contributed by atoms with E-state index in [0.29, 0.717) is 16.8 Å². The van der Waals surface area contributed by atoms with Gasteiger partial charge in [0, 0.05) is 18.0 Å². The van der Waals surface area contributed by atoms with Crippen LogP contribution in [0.4, 0.5) is 5.69 Å². The molecule has 0 fully saturated rings. The number of aromatic amines is 1. The van der Waals surface area contributed by atoms with Gasteiger partial charge in [-0.2, -0.15) is 5.26 Å². The summed E-state index contributed by atoms with van der Waals surface area (Å²) < 4.78 is 0. The Morgan fingerprint density at radius 2 is 2.11 bits per heavy atom. The molecule has 1 heterocycles. The van der Waals surface area contributed by atoms with Crippen molar-refractivity contribution >= 4 is 11.6 Å². The summed E-state index contributed by atoms with van der Waals surface area (Å²) in [6.45, 7) is 0. The minimum Gasteiger partial charge on any atom is -0.328 e. The predicted molar refractivity (Wildman–Crippen MR) is 66.2 cm³/mol. The molecular formula is C13H9N3O2. The zero-order valence-electron chi connectivity index (χ0n) is 9.31. The van der Waals surface area contributed by atoms with Crippen LogP contribution in [0.3, 0.4) is 0 Å². The fraction of sp³-hybridized carbons (Fsp3) is 0. The number of rotatable bonds is 2. The SMILES string of the molecule is N#Cc1cccc(NC(=O)c2ccc(=O)[nH]c2)c1. The Balaban J connectivity index is 2.19. The molecule has 0 radical (unpaired) electrons. The van der Waals surface area contributed by atoms with Crippen LogP contribution in [0.2, 0.25) is 0 Å². The minimum absolute atomic E-state index is 0.266. The second-order valence-electron chi connectivity index (χ2n) is 3.59. The van der Waals surface area contributed by atoms with Crippen LogP contribution < -0.4 is 10.9 Å². The van der Waals surface area contributed by atoms with Crippen LogP contribution >= 0.6 is 0 Å². The highest BCUT2D eigenvalue weighted by Crippen LogP contribution is 2.11. The lowest BCUT2D eigenvalue weighted by Gasteiger charge is -2.04. The van der Waals surface area contributed by atoms with E-state index in [-0.39, 0.29) is 11.5 Å². The van der Waals surface area contributed by atoms with Gasteiger partial charge in [-0.15, -0.1) is 0 Å². The van der Waals surface area contributed by atoms with Crippen LogP contribution in [0.5, 0.6) is 0 Å². The van der Waals surface area contributed by atoms with E-state index in [1.807, 2.05) is 6.07 Å². The number of amides is 1. The number of H-pyrrole nitrogens is 1. The zero-order valence-corrected chi connectivity index (χ0v) is 9.31. The molecule has 2 N–H and O–H groups in total. The third kappa shape index (κ3) is 2.62. The Kier molecular flexibility index (Phi) is 3.21. The van der Waals surface area contributed by atoms with Gasteiger partial charge in [-0.1, -0.05) is 6.07 Å². The lowest BCUT2D eigenvalue weighted by molar-refractivity contribution is 0.102. The van der Waals surface area contributed by atoms with Crippen LogP contribution in [0.15, 0.2) is 47.4 Å². The standard InChI is InChI=1S/C13H9N3O2/c14-7-9-2-1-3-11(6-9)16-13(18)10-4-5-12(17)15-8-10/h1-6,8H,(H,15,17)(H,16,18). The smallest absolute Gasteiger partial charge is 0.257 e.